The zero-order chi connectivity index (χ0) is 9.97. The number of pyridine rings is 1. The molecule has 0 atom stereocenters. The predicted octanol–water partition coefficient (Wildman–Crippen LogP) is 0.556. The van der Waals surface area contributed by atoms with Crippen LogP contribution in [0.4, 0.5) is 5.82 Å². The van der Waals surface area contributed by atoms with E-state index in [9.17, 15) is 4.79 Å². The molecule has 0 bridgehead atoms. The lowest BCUT2D eigenvalue weighted by Gasteiger charge is -2.02. The van der Waals surface area contributed by atoms with Gasteiger partial charge < -0.3 is 4.42 Å². The average Bonchev–Trinajstić information content (AvgIpc) is 2.18. The van der Waals surface area contributed by atoms with Gasteiger partial charge in [0.1, 0.15) is 0 Å². The van der Waals surface area contributed by atoms with Gasteiger partial charge >= 0.3 is 5.76 Å². The molecule has 0 aliphatic rings. The van der Waals surface area contributed by atoms with Crippen LogP contribution in [0, 0.1) is 0 Å². The number of anilines is 1. The minimum absolute atomic E-state index is 0.249. The minimum atomic E-state index is -0.690. The van der Waals surface area contributed by atoms with Crippen LogP contribution in [0.2, 0.25) is 0 Å². The highest BCUT2D eigenvalue weighted by molar-refractivity contribution is 5.82. The first-order valence-electron chi connectivity index (χ1n) is 3.86. The molecule has 2 rings (SSSR count). The fraction of sp³-hybridized carbons (Fsp3) is 0.125. The van der Waals surface area contributed by atoms with E-state index in [2.05, 4.69) is 20.3 Å². The van der Waals surface area contributed by atoms with Crippen molar-refractivity contribution < 1.29 is 9.25 Å². The number of hydrogen-bond acceptors (Lipinski definition) is 6. The third kappa shape index (κ3) is 1.42. The average molecular weight is 193 g/mol. The van der Waals surface area contributed by atoms with Crippen molar-refractivity contribution in [2.45, 2.75) is 0 Å². The van der Waals surface area contributed by atoms with Gasteiger partial charge in [-0.05, 0) is 12.1 Å². The molecule has 1 N–H and O–H groups in total. The normalized spacial score (nSPS) is 10.4. The number of aromatic nitrogens is 2. The van der Waals surface area contributed by atoms with E-state index >= 15 is 0 Å². The molecule has 0 aliphatic heterocycles. The summed E-state index contributed by atoms with van der Waals surface area (Å²) in [5.41, 5.74) is 3.28. The molecular formula is C8H7N3O3. The van der Waals surface area contributed by atoms with Gasteiger partial charge in [0.25, 0.3) is 0 Å². The van der Waals surface area contributed by atoms with Crippen LogP contribution in [0.5, 0.6) is 0 Å². The first-order chi connectivity index (χ1) is 6.81. The fourth-order valence-corrected chi connectivity index (χ4v) is 1.08. The molecule has 0 unspecified atom stereocenters. The maximum Gasteiger partial charge on any atom is 0.441 e. The third-order valence-electron chi connectivity index (χ3n) is 1.59. The molecule has 0 fully saturated rings. The van der Waals surface area contributed by atoms with Crippen LogP contribution in [0.25, 0.3) is 11.1 Å². The molecule has 14 heavy (non-hydrogen) atoms. The van der Waals surface area contributed by atoms with Crippen molar-refractivity contribution in [3.8, 4) is 0 Å². The first-order valence-corrected chi connectivity index (χ1v) is 3.86. The Bertz CT molecular complexity index is 508. The van der Waals surface area contributed by atoms with Gasteiger partial charge in [-0.3, -0.25) is 4.84 Å². The third-order valence-corrected chi connectivity index (χ3v) is 1.59. The summed E-state index contributed by atoms with van der Waals surface area (Å²) in [6.07, 6.45) is 1.57. The Morgan fingerprint density at radius 3 is 3.21 bits per heavy atom. The molecule has 0 aliphatic carbocycles. The fourth-order valence-electron chi connectivity index (χ4n) is 1.08. The highest BCUT2D eigenvalue weighted by Crippen LogP contribution is 2.15. The SMILES string of the molecule is CONc1nc(=O)oc2cccnc12. The summed E-state index contributed by atoms with van der Waals surface area (Å²) >= 11 is 0. The Kier molecular flexibility index (Phi) is 2.11. The van der Waals surface area contributed by atoms with E-state index in [-0.39, 0.29) is 5.82 Å². The zero-order valence-electron chi connectivity index (χ0n) is 7.35. The van der Waals surface area contributed by atoms with E-state index < -0.39 is 5.76 Å². The summed E-state index contributed by atoms with van der Waals surface area (Å²) in [4.78, 5) is 23.2. The van der Waals surface area contributed by atoms with E-state index in [1.165, 1.54) is 7.11 Å². The summed E-state index contributed by atoms with van der Waals surface area (Å²) in [7, 11) is 1.42. The monoisotopic (exact) mass is 193 g/mol. The van der Waals surface area contributed by atoms with E-state index in [4.69, 9.17) is 4.42 Å². The van der Waals surface area contributed by atoms with Gasteiger partial charge in [-0.25, -0.2) is 15.3 Å². The second kappa shape index (κ2) is 3.43. The Balaban J connectivity index is 2.73. The van der Waals surface area contributed by atoms with Crippen molar-refractivity contribution in [1.29, 1.82) is 0 Å². The molecule has 2 heterocycles. The Hall–Kier alpha value is -1.95. The molecule has 72 valence electrons. The maximum absolute atomic E-state index is 11.0. The predicted molar refractivity (Wildman–Crippen MR) is 48.7 cm³/mol. The maximum atomic E-state index is 11.0. The van der Waals surface area contributed by atoms with Crippen molar-refractivity contribution in [1.82, 2.24) is 9.97 Å². The molecule has 2 aromatic heterocycles. The molecule has 0 saturated carbocycles. The van der Waals surface area contributed by atoms with Gasteiger partial charge in [-0.1, -0.05) is 0 Å². The second-order valence-corrected chi connectivity index (χ2v) is 2.48. The summed E-state index contributed by atoms with van der Waals surface area (Å²) in [6, 6.07) is 3.30. The van der Waals surface area contributed by atoms with Crippen LogP contribution < -0.4 is 11.2 Å². The van der Waals surface area contributed by atoms with Crippen LogP contribution in [0.3, 0.4) is 0 Å². The van der Waals surface area contributed by atoms with Crippen molar-refractivity contribution >= 4 is 16.9 Å². The van der Waals surface area contributed by atoms with Crippen LogP contribution in [-0.4, -0.2) is 17.1 Å². The van der Waals surface area contributed by atoms with E-state index in [0.717, 1.165) is 0 Å². The quantitative estimate of drug-likeness (QED) is 0.702. The molecular weight excluding hydrogens is 186 g/mol. The van der Waals surface area contributed by atoms with E-state index in [1.807, 2.05) is 0 Å². The summed E-state index contributed by atoms with van der Waals surface area (Å²) in [5.74, 6) is -0.440. The molecule has 0 spiro atoms. The molecule has 2 aromatic rings. The highest BCUT2D eigenvalue weighted by Gasteiger charge is 2.06. The van der Waals surface area contributed by atoms with Gasteiger partial charge in [-0.2, -0.15) is 4.98 Å². The topological polar surface area (TPSA) is 77.2 Å². The van der Waals surface area contributed by atoms with Crippen molar-refractivity contribution in [3.05, 3.63) is 28.9 Å². The van der Waals surface area contributed by atoms with Gasteiger partial charge in [0.2, 0.25) is 0 Å². The Morgan fingerprint density at radius 1 is 1.57 bits per heavy atom. The van der Waals surface area contributed by atoms with Crippen molar-refractivity contribution in [3.63, 3.8) is 0 Å². The highest BCUT2D eigenvalue weighted by atomic mass is 16.6. The van der Waals surface area contributed by atoms with E-state index in [1.54, 1.807) is 18.3 Å². The zero-order valence-corrected chi connectivity index (χ0v) is 7.35. The number of nitrogens with one attached hydrogen (secondary N) is 1. The Labute approximate surface area is 78.5 Å². The number of hydrogen-bond donors (Lipinski definition) is 1. The molecule has 6 nitrogen and oxygen atoms in total. The minimum Gasteiger partial charge on any atom is -0.406 e. The van der Waals surface area contributed by atoms with Crippen LogP contribution in [-0.2, 0) is 4.84 Å². The first kappa shape index (κ1) is 8.64. The number of nitrogens with zero attached hydrogens (tertiary/aromatic N) is 2. The van der Waals surface area contributed by atoms with Gasteiger partial charge in [0.05, 0.1) is 7.11 Å². The smallest absolute Gasteiger partial charge is 0.406 e. The van der Waals surface area contributed by atoms with Gasteiger partial charge in [-0.15, -0.1) is 0 Å². The molecule has 0 aromatic carbocycles. The summed E-state index contributed by atoms with van der Waals surface area (Å²) < 4.78 is 4.82. The Morgan fingerprint density at radius 2 is 2.43 bits per heavy atom. The number of rotatable bonds is 2. The summed E-state index contributed by atoms with van der Waals surface area (Å²) in [5, 5.41) is 0. The lowest BCUT2D eigenvalue weighted by Crippen LogP contribution is -2.09. The van der Waals surface area contributed by atoms with E-state index in [0.29, 0.717) is 11.1 Å². The second-order valence-electron chi connectivity index (χ2n) is 2.48. The van der Waals surface area contributed by atoms with Crippen molar-refractivity contribution in [2.75, 3.05) is 12.6 Å². The van der Waals surface area contributed by atoms with Gasteiger partial charge in [0.15, 0.2) is 16.9 Å². The summed E-state index contributed by atoms with van der Waals surface area (Å²) in [6.45, 7) is 0. The lowest BCUT2D eigenvalue weighted by atomic mass is 10.4. The molecule has 6 heteroatoms. The van der Waals surface area contributed by atoms with Crippen molar-refractivity contribution in [2.24, 2.45) is 0 Å². The van der Waals surface area contributed by atoms with Gasteiger partial charge in [0, 0.05) is 6.20 Å². The largest absolute Gasteiger partial charge is 0.441 e. The number of fused-ring (bicyclic) bond motifs is 1. The molecule has 0 saturated heterocycles. The molecule has 0 amide bonds. The van der Waals surface area contributed by atoms with Crippen LogP contribution >= 0.6 is 0 Å². The van der Waals surface area contributed by atoms with Crippen LogP contribution in [0.15, 0.2) is 27.5 Å². The van der Waals surface area contributed by atoms with Crippen LogP contribution in [0.1, 0.15) is 0 Å². The molecule has 0 radical (unpaired) electrons. The lowest BCUT2D eigenvalue weighted by molar-refractivity contribution is 0.269. The standard InChI is InChI=1S/C8H7N3O3/c1-13-11-7-6-5(3-2-4-9-6)14-8(12)10-7/h2-4H,1H3,(H,10,11,12).